The number of alkyl halides is 2. The number of sulfone groups is 1. The molecule has 0 aliphatic carbocycles. The Morgan fingerprint density at radius 2 is 1.70 bits per heavy atom. The zero-order valence-electron chi connectivity index (χ0n) is 14.0. The molecule has 0 aromatic heterocycles. The maximum atomic E-state index is 12.1. The van der Waals surface area contributed by atoms with E-state index in [4.69, 9.17) is 4.74 Å². The number of hydrogen-bond donors (Lipinski definition) is 1. The summed E-state index contributed by atoms with van der Waals surface area (Å²) in [5, 5.41) is 2.40. The lowest BCUT2D eigenvalue weighted by atomic mass is 10.2. The van der Waals surface area contributed by atoms with Gasteiger partial charge in [0.15, 0.2) is 16.4 Å². The van der Waals surface area contributed by atoms with Crippen LogP contribution in [-0.4, -0.2) is 39.8 Å². The van der Waals surface area contributed by atoms with Gasteiger partial charge in [0.1, 0.15) is 5.75 Å². The molecule has 2 aromatic rings. The minimum absolute atomic E-state index is 0.0770. The zero-order valence-corrected chi connectivity index (χ0v) is 14.8. The number of amides is 1. The average Bonchev–Trinajstić information content (AvgIpc) is 2.60. The largest absolute Gasteiger partial charge is 0.452 e. The molecule has 0 saturated heterocycles. The summed E-state index contributed by atoms with van der Waals surface area (Å²) in [5.41, 5.74) is 0.0931. The van der Waals surface area contributed by atoms with Gasteiger partial charge in [-0.3, -0.25) is 4.79 Å². The van der Waals surface area contributed by atoms with Crippen molar-refractivity contribution in [1.82, 2.24) is 0 Å². The van der Waals surface area contributed by atoms with Crippen LogP contribution in [-0.2, 0) is 19.4 Å². The summed E-state index contributed by atoms with van der Waals surface area (Å²) in [6, 6.07) is 10.6. The number of carbonyl (C=O) groups excluding carboxylic acids is 2. The molecule has 0 fully saturated rings. The summed E-state index contributed by atoms with van der Waals surface area (Å²) in [5.74, 6) is -1.73. The standard InChI is InChI=1S/C17H15F2NO6S/c1-27(23,24)14-5-3-2-4-13(14)16(22)25-10-15(21)20-11-6-8-12(9-7-11)26-17(18)19/h2-9,17H,10H2,1H3,(H,20,21). The van der Waals surface area contributed by atoms with Crippen LogP contribution in [0.2, 0.25) is 0 Å². The molecule has 27 heavy (non-hydrogen) atoms. The van der Waals surface area contributed by atoms with E-state index in [0.29, 0.717) is 0 Å². The monoisotopic (exact) mass is 399 g/mol. The number of halogens is 2. The molecule has 1 N–H and O–H groups in total. The van der Waals surface area contributed by atoms with E-state index >= 15 is 0 Å². The third-order valence-corrected chi connectivity index (χ3v) is 4.36. The van der Waals surface area contributed by atoms with E-state index in [1.807, 2.05) is 0 Å². The van der Waals surface area contributed by atoms with Crippen molar-refractivity contribution in [2.24, 2.45) is 0 Å². The Balaban J connectivity index is 1.95. The minimum atomic E-state index is -3.65. The second kappa shape index (κ2) is 8.58. The zero-order chi connectivity index (χ0) is 20.0. The fourth-order valence-electron chi connectivity index (χ4n) is 2.08. The number of benzene rings is 2. The van der Waals surface area contributed by atoms with Gasteiger partial charge in [-0.1, -0.05) is 12.1 Å². The van der Waals surface area contributed by atoms with E-state index in [1.165, 1.54) is 48.5 Å². The first-order valence-corrected chi connectivity index (χ1v) is 9.37. The number of nitrogens with one attached hydrogen (secondary N) is 1. The van der Waals surface area contributed by atoms with Crippen molar-refractivity contribution in [3.63, 3.8) is 0 Å². The summed E-state index contributed by atoms with van der Waals surface area (Å²) in [4.78, 5) is 23.7. The molecule has 2 aromatic carbocycles. The minimum Gasteiger partial charge on any atom is -0.452 e. The maximum Gasteiger partial charge on any atom is 0.387 e. The van der Waals surface area contributed by atoms with Gasteiger partial charge in [0.05, 0.1) is 10.5 Å². The molecule has 0 aliphatic heterocycles. The predicted octanol–water partition coefficient (Wildman–Crippen LogP) is 2.49. The SMILES string of the molecule is CS(=O)(=O)c1ccccc1C(=O)OCC(=O)Nc1ccc(OC(F)F)cc1. The topological polar surface area (TPSA) is 98.8 Å². The highest BCUT2D eigenvalue weighted by Crippen LogP contribution is 2.18. The first-order chi connectivity index (χ1) is 12.7. The molecule has 1 amide bonds. The Labute approximate surface area is 153 Å². The number of anilines is 1. The Hall–Kier alpha value is -3.01. The summed E-state index contributed by atoms with van der Waals surface area (Å²) in [7, 11) is -3.65. The fourth-order valence-corrected chi connectivity index (χ4v) is 2.96. The van der Waals surface area contributed by atoms with Gasteiger partial charge >= 0.3 is 12.6 Å². The molecule has 0 bridgehead atoms. The van der Waals surface area contributed by atoms with E-state index in [2.05, 4.69) is 10.1 Å². The van der Waals surface area contributed by atoms with Crippen molar-refractivity contribution < 1.29 is 36.3 Å². The van der Waals surface area contributed by atoms with Gasteiger partial charge in [0.25, 0.3) is 5.91 Å². The van der Waals surface area contributed by atoms with Crippen molar-refractivity contribution in [2.75, 3.05) is 18.2 Å². The number of carbonyl (C=O) groups is 2. The molecule has 0 atom stereocenters. The highest BCUT2D eigenvalue weighted by Gasteiger charge is 2.20. The third kappa shape index (κ3) is 6.03. The van der Waals surface area contributed by atoms with Gasteiger partial charge in [-0.15, -0.1) is 0 Å². The van der Waals surface area contributed by atoms with Crippen LogP contribution < -0.4 is 10.1 Å². The normalized spacial score (nSPS) is 11.1. The summed E-state index contributed by atoms with van der Waals surface area (Å²) in [6.07, 6.45) is 0.952. The molecule has 2 rings (SSSR count). The van der Waals surface area contributed by atoms with Crippen molar-refractivity contribution in [1.29, 1.82) is 0 Å². The lowest BCUT2D eigenvalue weighted by Gasteiger charge is -2.09. The fraction of sp³-hybridized carbons (Fsp3) is 0.176. The van der Waals surface area contributed by atoms with Crippen LogP contribution in [0.3, 0.4) is 0 Å². The Kier molecular flexibility index (Phi) is 6.45. The quantitative estimate of drug-likeness (QED) is 0.719. The van der Waals surface area contributed by atoms with Gasteiger partial charge in [0, 0.05) is 11.9 Å². The third-order valence-electron chi connectivity index (χ3n) is 3.20. The molecule has 0 heterocycles. The first-order valence-electron chi connectivity index (χ1n) is 7.48. The highest BCUT2D eigenvalue weighted by atomic mass is 32.2. The molecule has 0 unspecified atom stereocenters. The van der Waals surface area contributed by atoms with Gasteiger partial charge in [0.2, 0.25) is 0 Å². The molecule has 10 heteroatoms. The number of hydrogen-bond acceptors (Lipinski definition) is 6. The summed E-state index contributed by atoms with van der Waals surface area (Å²) in [6.45, 7) is -3.62. The number of esters is 1. The van der Waals surface area contributed by atoms with Crippen molar-refractivity contribution in [3.05, 3.63) is 54.1 Å². The number of rotatable bonds is 7. The Morgan fingerprint density at radius 1 is 1.07 bits per heavy atom. The second-order valence-electron chi connectivity index (χ2n) is 5.30. The van der Waals surface area contributed by atoms with Crippen molar-refractivity contribution in [3.8, 4) is 5.75 Å². The van der Waals surface area contributed by atoms with Crippen LogP contribution in [0, 0.1) is 0 Å². The van der Waals surface area contributed by atoms with Crippen LogP contribution in [0.1, 0.15) is 10.4 Å². The molecular formula is C17H15F2NO6S. The van der Waals surface area contributed by atoms with Gasteiger partial charge in [-0.2, -0.15) is 8.78 Å². The highest BCUT2D eigenvalue weighted by molar-refractivity contribution is 7.90. The molecule has 7 nitrogen and oxygen atoms in total. The predicted molar refractivity (Wildman–Crippen MR) is 91.5 cm³/mol. The Bertz CT molecular complexity index is 929. The van der Waals surface area contributed by atoms with Gasteiger partial charge in [-0.05, 0) is 36.4 Å². The lowest BCUT2D eigenvalue weighted by Crippen LogP contribution is -2.21. The Morgan fingerprint density at radius 3 is 2.30 bits per heavy atom. The van der Waals surface area contributed by atoms with Gasteiger partial charge < -0.3 is 14.8 Å². The van der Waals surface area contributed by atoms with E-state index in [1.54, 1.807) is 0 Å². The van der Waals surface area contributed by atoms with Crippen molar-refractivity contribution >= 4 is 27.4 Å². The van der Waals surface area contributed by atoms with Crippen LogP contribution in [0.15, 0.2) is 53.4 Å². The molecule has 0 aliphatic rings. The summed E-state index contributed by atoms with van der Waals surface area (Å²) >= 11 is 0. The van der Waals surface area contributed by atoms with Gasteiger partial charge in [-0.25, -0.2) is 13.2 Å². The second-order valence-corrected chi connectivity index (χ2v) is 7.28. The van der Waals surface area contributed by atoms with E-state index in [0.717, 1.165) is 6.26 Å². The smallest absolute Gasteiger partial charge is 0.387 e. The lowest BCUT2D eigenvalue weighted by molar-refractivity contribution is -0.119. The maximum absolute atomic E-state index is 12.1. The molecule has 0 spiro atoms. The van der Waals surface area contributed by atoms with E-state index in [9.17, 15) is 26.8 Å². The van der Waals surface area contributed by atoms with E-state index < -0.39 is 34.9 Å². The number of ether oxygens (including phenoxy) is 2. The first kappa shape index (κ1) is 20.3. The van der Waals surface area contributed by atoms with Crippen LogP contribution in [0.4, 0.5) is 14.5 Å². The van der Waals surface area contributed by atoms with Crippen LogP contribution >= 0.6 is 0 Å². The average molecular weight is 399 g/mol. The molecule has 144 valence electrons. The molecule has 0 saturated carbocycles. The molecular weight excluding hydrogens is 384 g/mol. The van der Waals surface area contributed by atoms with Crippen molar-refractivity contribution in [2.45, 2.75) is 11.5 Å². The molecule has 0 radical (unpaired) electrons. The van der Waals surface area contributed by atoms with Crippen LogP contribution in [0.5, 0.6) is 5.75 Å². The van der Waals surface area contributed by atoms with E-state index in [-0.39, 0.29) is 21.9 Å². The van der Waals surface area contributed by atoms with Crippen LogP contribution in [0.25, 0.3) is 0 Å². The summed E-state index contributed by atoms with van der Waals surface area (Å²) < 4.78 is 56.5.